The minimum absolute atomic E-state index is 0.766. The topological polar surface area (TPSA) is 3.88 Å². The highest BCUT2D eigenvalue weighted by Crippen LogP contribution is 2.36. The molecule has 1 aromatic heterocycles. The van der Waals surface area contributed by atoms with Gasteiger partial charge in [0.25, 0.3) is 0 Å². The second-order valence-corrected chi connectivity index (χ2v) is 7.44. The standard InChI is InChI=1S/C24H21ClN.BF4/c1-2-15-26-17-20-13-14-21(25)16-22(20)23(18-9-5-3-6-10-18)24(26)19-11-7-4-8-12-19;2-1(3,4)5/h3-14,16-17H,2,15H2,1H3;/q+1;-1. The fourth-order valence-corrected chi connectivity index (χ4v) is 3.75. The van der Waals surface area contributed by atoms with Crippen LogP contribution in [0.5, 0.6) is 0 Å². The van der Waals surface area contributed by atoms with Crippen LogP contribution in [0.15, 0.2) is 85.1 Å². The molecule has 0 bridgehead atoms. The van der Waals surface area contributed by atoms with E-state index in [-0.39, 0.29) is 0 Å². The summed E-state index contributed by atoms with van der Waals surface area (Å²) >= 11 is 6.37. The molecule has 7 heteroatoms. The third-order valence-corrected chi connectivity index (χ3v) is 4.91. The van der Waals surface area contributed by atoms with Crippen LogP contribution >= 0.6 is 11.6 Å². The zero-order valence-electron chi connectivity index (χ0n) is 16.9. The third-order valence-electron chi connectivity index (χ3n) is 4.68. The first-order chi connectivity index (χ1) is 14.8. The van der Waals surface area contributed by atoms with Crippen LogP contribution in [0, 0.1) is 0 Å². The minimum atomic E-state index is -6.00. The maximum atomic E-state index is 9.75. The number of nitrogens with zero attached hydrogens (tertiary/aromatic N) is 1. The van der Waals surface area contributed by atoms with Crippen LogP contribution in [0.4, 0.5) is 17.3 Å². The first-order valence-corrected chi connectivity index (χ1v) is 10.3. The van der Waals surface area contributed by atoms with Gasteiger partial charge in [0.05, 0.1) is 5.56 Å². The lowest BCUT2D eigenvalue weighted by Gasteiger charge is -2.14. The molecule has 0 N–H and O–H groups in total. The van der Waals surface area contributed by atoms with Crippen molar-refractivity contribution in [2.45, 2.75) is 19.9 Å². The molecule has 0 fully saturated rings. The molecule has 0 spiro atoms. The number of hydrogen-bond donors (Lipinski definition) is 0. The zero-order valence-corrected chi connectivity index (χ0v) is 17.7. The van der Waals surface area contributed by atoms with Crippen molar-refractivity contribution in [1.82, 2.24) is 0 Å². The quantitative estimate of drug-likeness (QED) is 0.171. The summed E-state index contributed by atoms with van der Waals surface area (Å²) in [7, 11) is -6.00. The van der Waals surface area contributed by atoms with Crippen LogP contribution in [-0.4, -0.2) is 7.25 Å². The Morgan fingerprint density at radius 2 is 1.35 bits per heavy atom. The Labute approximate surface area is 184 Å². The van der Waals surface area contributed by atoms with Gasteiger partial charge in [-0.05, 0) is 35.9 Å². The maximum absolute atomic E-state index is 9.75. The monoisotopic (exact) mass is 445 g/mol. The summed E-state index contributed by atoms with van der Waals surface area (Å²) in [5.74, 6) is 0. The molecule has 0 aliphatic carbocycles. The van der Waals surface area contributed by atoms with E-state index in [2.05, 4.69) is 90.5 Å². The van der Waals surface area contributed by atoms with E-state index >= 15 is 0 Å². The molecule has 3 aromatic carbocycles. The normalized spacial score (nSPS) is 11.2. The van der Waals surface area contributed by atoms with Crippen molar-refractivity contribution in [3.05, 3.63) is 90.1 Å². The van der Waals surface area contributed by atoms with E-state index < -0.39 is 7.25 Å². The van der Waals surface area contributed by atoms with Crippen LogP contribution in [0.1, 0.15) is 13.3 Å². The molecule has 0 unspecified atom stereocenters. The summed E-state index contributed by atoms with van der Waals surface area (Å²) in [5, 5.41) is 3.17. The van der Waals surface area contributed by atoms with E-state index in [1.54, 1.807) is 0 Å². The van der Waals surface area contributed by atoms with Gasteiger partial charge in [0.1, 0.15) is 6.54 Å². The van der Waals surface area contributed by atoms with Gasteiger partial charge in [-0.1, -0.05) is 67.1 Å². The van der Waals surface area contributed by atoms with Gasteiger partial charge < -0.3 is 17.3 Å². The predicted octanol–water partition coefficient (Wildman–Crippen LogP) is 7.82. The largest absolute Gasteiger partial charge is 0.673 e. The number of pyridine rings is 1. The lowest BCUT2D eigenvalue weighted by molar-refractivity contribution is -0.684. The van der Waals surface area contributed by atoms with Crippen molar-refractivity contribution in [3.63, 3.8) is 0 Å². The fraction of sp³-hybridized carbons (Fsp3) is 0.125. The molecular formula is C24H21BClF4N. The summed E-state index contributed by atoms with van der Waals surface area (Å²) in [6, 6.07) is 27.4. The molecule has 31 heavy (non-hydrogen) atoms. The van der Waals surface area contributed by atoms with Crippen molar-refractivity contribution < 1.29 is 21.8 Å². The Kier molecular flexibility index (Phi) is 7.34. The number of fused-ring (bicyclic) bond motifs is 1. The molecule has 0 atom stereocenters. The van der Waals surface area contributed by atoms with Crippen molar-refractivity contribution in [1.29, 1.82) is 0 Å². The number of benzene rings is 3. The predicted molar refractivity (Wildman–Crippen MR) is 121 cm³/mol. The molecule has 4 rings (SSSR count). The first-order valence-electron chi connectivity index (χ1n) is 9.92. The van der Waals surface area contributed by atoms with E-state index in [1.807, 2.05) is 6.07 Å². The molecule has 1 nitrogen and oxygen atoms in total. The van der Waals surface area contributed by atoms with E-state index in [0.29, 0.717) is 0 Å². The smallest absolute Gasteiger partial charge is 0.418 e. The molecule has 0 aliphatic heterocycles. The molecule has 0 saturated carbocycles. The van der Waals surface area contributed by atoms with Gasteiger partial charge >= 0.3 is 7.25 Å². The van der Waals surface area contributed by atoms with E-state index in [1.165, 1.54) is 33.2 Å². The number of halogens is 5. The molecule has 0 saturated heterocycles. The number of hydrogen-bond acceptors (Lipinski definition) is 0. The van der Waals surface area contributed by atoms with Crippen LogP contribution in [0.2, 0.25) is 5.02 Å². The fourth-order valence-electron chi connectivity index (χ4n) is 3.58. The first kappa shape index (κ1) is 22.8. The van der Waals surface area contributed by atoms with Gasteiger partial charge in [-0.2, -0.15) is 4.57 Å². The van der Waals surface area contributed by atoms with Crippen molar-refractivity contribution in [3.8, 4) is 22.4 Å². The molecule has 0 radical (unpaired) electrons. The van der Waals surface area contributed by atoms with Gasteiger partial charge in [0.15, 0.2) is 6.20 Å². The second-order valence-electron chi connectivity index (χ2n) is 7.00. The number of rotatable bonds is 4. The Bertz CT molecular complexity index is 1140. The van der Waals surface area contributed by atoms with Crippen molar-refractivity contribution in [2.75, 3.05) is 0 Å². The minimum Gasteiger partial charge on any atom is -0.418 e. The Morgan fingerprint density at radius 1 is 0.806 bits per heavy atom. The van der Waals surface area contributed by atoms with Crippen LogP contribution in [0.25, 0.3) is 33.2 Å². The lowest BCUT2D eigenvalue weighted by Crippen LogP contribution is -2.36. The van der Waals surface area contributed by atoms with E-state index in [4.69, 9.17) is 11.6 Å². The second kappa shape index (κ2) is 9.97. The highest BCUT2D eigenvalue weighted by atomic mass is 35.5. The highest BCUT2D eigenvalue weighted by Gasteiger charge is 2.23. The third kappa shape index (κ3) is 6.08. The summed E-state index contributed by atoms with van der Waals surface area (Å²) in [5.41, 5.74) is 4.92. The maximum Gasteiger partial charge on any atom is 0.673 e. The average molecular weight is 446 g/mol. The van der Waals surface area contributed by atoms with E-state index in [9.17, 15) is 17.3 Å². The SMILES string of the molecule is CCC[n+]1cc2ccc(Cl)cc2c(-c2ccccc2)c1-c1ccccc1.F[B-](F)(F)F. The number of aryl methyl sites for hydroxylation is 1. The molecule has 0 aliphatic rings. The van der Waals surface area contributed by atoms with Crippen molar-refractivity contribution in [2.24, 2.45) is 0 Å². The van der Waals surface area contributed by atoms with Crippen LogP contribution < -0.4 is 4.57 Å². The number of aromatic nitrogens is 1. The average Bonchev–Trinajstić information content (AvgIpc) is 2.73. The highest BCUT2D eigenvalue weighted by molar-refractivity contribution is 6.50. The van der Waals surface area contributed by atoms with Gasteiger partial charge in [0, 0.05) is 27.8 Å². The van der Waals surface area contributed by atoms with Gasteiger partial charge in [0.2, 0.25) is 5.69 Å². The lowest BCUT2D eigenvalue weighted by atomic mass is 9.93. The zero-order chi connectivity index (χ0) is 22.4. The van der Waals surface area contributed by atoms with Gasteiger partial charge in [-0.25, -0.2) is 0 Å². The van der Waals surface area contributed by atoms with E-state index in [0.717, 1.165) is 18.0 Å². The molecule has 160 valence electrons. The van der Waals surface area contributed by atoms with Crippen LogP contribution in [-0.2, 0) is 6.54 Å². The summed E-state index contributed by atoms with van der Waals surface area (Å²) in [6.07, 6.45) is 3.34. The summed E-state index contributed by atoms with van der Waals surface area (Å²) in [4.78, 5) is 0. The van der Waals surface area contributed by atoms with Gasteiger partial charge in [-0.15, -0.1) is 0 Å². The van der Waals surface area contributed by atoms with Crippen LogP contribution in [0.3, 0.4) is 0 Å². The summed E-state index contributed by atoms with van der Waals surface area (Å²) < 4.78 is 41.4. The Balaban J connectivity index is 0.000000491. The summed E-state index contributed by atoms with van der Waals surface area (Å²) in [6.45, 7) is 3.19. The van der Waals surface area contributed by atoms with Crippen molar-refractivity contribution >= 4 is 29.6 Å². The molecule has 4 aromatic rings. The Hall–Kier alpha value is -2.86. The molecule has 0 amide bonds. The molecule has 1 heterocycles. The van der Waals surface area contributed by atoms with Gasteiger partial charge in [-0.3, -0.25) is 0 Å². The molecular weight excluding hydrogens is 425 g/mol. The Morgan fingerprint density at radius 3 is 1.90 bits per heavy atom.